The number of rotatable bonds is 4. The first kappa shape index (κ1) is 22.7. The number of fused-ring (bicyclic) bond motifs is 4. The lowest BCUT2D eigenvalue weighted by Crippen LogP contribution is -2.45. The number of amides is 1. The zero-order chi connectivity index (χ0) is 24.1. The van der Waals surface area contributed by atoms with Gasteiger partial charge in [0.1, 0.15) is 17.7 Å². The molecule has 0 aliphatic carbocycles. The Balaban J connectivity index is 1.33. The van der Waals surface area contributed by atoms with Gasteiger partial charge in [-0.15, -0.1) is 0 Å². The maximum Gasteiger partial charge on any atom is 0.256 e. The predicted molar refractivity (Wildman–Crippen MR) is 130 cm³/mol. The van der Waals surface area contributed by atoms with E-state index in [1.54, 1.807) is 17.2 Å². The highest BCUT2D eigenvalue weighted by molar-refractivity contribution is 6.01. The van der Waals surface area contributed by atoms with Gasteiger partial charge in [-0.2, -0.15) is 0 Å². The molecule has 2 bridgehead atoms. The highest BCUT2D eigenvalue weighted by Gasteiger charge is 2.41. The minimum absolute atomic E-state index is 0.00410. The minimum atomic E-state index is -0.571. The van der Waals surface area contributed by atoms with Gasteiger partial charge in [-0.25, -0.2) is 9.37 Å². The monoisotopic (exact) mass is 482 g/mol. The van der Waals surface area contributed by atoms with Crippen LogP contribution in [-0.4, -0.2) is 61.1 Å². The number of nitrogens with zero attached hydrogens (tertiary/aromatic N) is 3. The number of morpholine rings is 1. The summed E-state index contributed by atoms with van der Waals surface area (Å²) in [6, 6.07) is 7.22. The summed E-state index contributed by atoms with van der Waals surface area (Å²) in [5.41, 5.74) is 2.53. The third-order valence-electron chi connectivity index (χ3n) is 7.28. The molecule has 35 heavy (non-hydrogen) atoms. The molecule has 3 saturated heterocycles. The summed E-state index contributed by atoms with van der Waals surface area (Å²) in [4.78, 5) is 22.1. The summed E-state index contributed by atoms with van der Waals surface area (Å²) in [6.45, 7) is 5.97. The lowest BCUT2D eigenvalue weighted by Gasteiger charge is -2.34. The molecule has 5 heterocycles. The number of halogens is 1. The average Bonchev–Trinajstić information content (AvgIpc) is 3.43. The van der Waals surface area contributed by atoms with Crippen LogP contribution in [0.1, 0.15) is 38.7 Å². The van der Waals surface area contributed by atoms with Crippen LogP contribution < -0.4 is 15.1 Å². The van der Waals surface area contributed by atoms with E-state index in [-0.39, 0.29) is 36.1 Å². The van der Waals surface area contributed by atoms with Crippen LogP contribution in [0.25, 0.3) is 0 Å². The largest absolute Gasteiger partial charge is 0.374 e. The van der Waals surface area contributed by atoms with Gasteiger partial charge in [0.2, 0.25) is 0 Å². The smallest absolute Gasteiger partial charge is 0.256 e. The molecule has 1 N–H and O–H groups in total. The second-order valence-electron chi connectivity index (χ2n) is 10.1. The first-order valence-corrected chi connectivity index (χ1v) is 12.5. The standard InChI is InChI=1S/C26H31FN4O4/c1-15(2)35-18-5-6-24(34-14-18)26(32)31-11-16-4-3-7-28-25(16)29-21-9-20(27)22(10-23(21)31)30-12-19-8-17(30)13-33-19/h3-4,7,9-10,15,17-19,24H,5-6,8,11-14H2,1-2H3,(H,28,29)/t17-,18-,19-,24+/m0/s1. The average molecular weight is 483 g/mol. The van der Waals surface area contributed by atoms with Crippen LogP contribution in [0, 0.1) is 5.82 Å². The first-order chi connectivity index (χ1) is 17.0. The Morgan fingerprint density at radius 2 is 2.11 bits per heavy atom. The molecule has 186 valence electrons. The van der Waals surface area contributed by atoms with Crippen LogP contribution in [0.2, 0.25) is 0 Å². The Bertz CT molecular complexity index is 1120. The number of nitrogens with one attached hydrogen (secondary N) is 1. The number of aromatic nitrogens is 1. The van der Waals surface area contributed by atoms with Crippen LogP contribution in [0.15, 0.2) is 30.5 Å². The van der Waals surface area contributed by atoms with Crippen LogP contribution in [-0.2, 0) is 25.5 Å². The van der Waals surface area contributed by atoms with E-state index < -0.39 is 6.10 Å². The van der Waals surface area contributed by atoms with Crippen molar-refractivity contribution in [2.45, 2.75) is 70.1 Å². The van der Waals surface area contributed by atoms with E-state index in [1.807, 2.05) is 26.0 Å². The van der Waals surface area contributed by atoms with Crippen molar-refractivity contribution >= 4 is 28.8 Å². The third kappa shape index (κ3) is 4.26. The number of carbonyl (C=O) groups is 1. The van der Waals surface area contributed by atoms with E-state index in [9.17, 15) is 4.79 Å². The second-order valence-corrected chi connectivity index (χ2v) is 10.1. The molecule has 2 aromatic rings. The highest BCUT2D eigenvalue weighted by Crippen LogP contribution is 2.42. The summed E-state index contributed by atoms with van der Waals surface area (Å²) >= 11 is 0. The van der Waals surface area contributed by atoms with Gasteiger partial charge in [0.25, 0.3) is 5.91 Å². The van der Waals surface area contributed by atoms with Gasteiger partial charge in [0.15, 0.2) is 0 Å². The van der Waals surface area contributed by atoms with Crippen LogP contribution in [0.3, 0.4) is 0 Å². The molecule has 1 aromatic heterocycles. The summed E-state index contributed by atoms with van der Waals surface area (Å²) in [7, 11) is 0. The van der Waals surface area contributed by atoms with Crippen molar-refractivity contribution in [3.8, 4) is 0 Å². The number of carbonyl (C=O) groups excluding carboxylic acids is 1. The van der Waals surface area contributed by atoms with Crippen LogP contribution in [0.5, 0.6) is 0 Å². The number of anilines is 4. The SMILES string of the molecule is CC(C)O[C@H]1CC[C@H](C(=O)N2Cc3cccnc3Nc3cc(F)c(N4C[C@@H]5C[C@H]4CO5)cc32)OC1. The summed E-state index contributed by atoms with van der Waals surface area (Å²) < 4.78 is 33.0. The molecule has 0 unspecified atom stereocenters. The molecule has 8 nitrogen and oxygen atoms in total. The van der Waals surface area contributed by atoms with E-state index in [4.69, 9.17) is 14.2 Å². The molecule has 3 fully saturated rings. The number of hydrogen-bond donors (Lipinski definition) is 1. The summed E-state index contributed by atoms with van der Waals surface area (Å²) in [6.07, 6.45) is 3.61. The van der Waals surface area contributed by atoms with Crippen molar-refractivity contribution in [1.29, 1.82) is 0 Å². The summed E-state index contributed by atoms with van der Waals surface area (Å²) in [5.74, 6) is 0.176. The maximum absolute atomic E-state index is 15.4. The van der Waals surface area contributed by atoms with Crippen molar-refractivity contribution in [3.05, 3.63) is 41.8 Å². The van der Waals surface area contributed by atoms with Crippen LogP contribution >= 0.6 is 0 Å². The van der Waals surface area contributed by atoms with Crippen LogP contribution in [0.4, 0.5) is 27.3 Å². The van der Waals surface area contributed by atoms with Crippen molar-refractivity contribution in [1.82, 2.24) is 4.98 Å². The quantitative estimate of drug-likeness (QED) is 0.711. The Hall–Kier alpha value is -2.75. The fourth-order valence-corrected chi connectivity index (χ4v) is 5.64. The minimum Gasteiger partial charge on any atom is -0.374 e. The molecule has 1 aromatic carbocycles. The first-order valence-electron chi connectivity index (χ1n) is 12.5. The molecule has 0 spiro atoms. The maximum atomic E-state index is 15.4. The normalized spacial score (nSPS) is 27.4. The summed E-state index contributed by atoms with van der Waals surface area (Å²) in [5, 5.41) is 3.26. The van der Waals surface area contributed by atoms with Gasteiger partial charge in [-0.3, -0.25) is 4.79 Å². The lowest BCUT2D eigenvalue weighted by molar-refractivity contribution is -0.143. The fraction of sp³-hybridized carbons (Fsp3) is 0.538. The highest BCUT2D eigenvalue weighted by atomic mass is 19.1. The molecular weight excluding hydrogens is 451 g/mol. The van der Waals surface area contributed by atoms with Gasteiger partial charge in [-0.05, 0) is 45.2 Å². The zero-order valence-corrected chi connectivity index (χ0v) is 20.1. The van der Waals surface area contributed by atoms with Crippen molar-refractivity contribution in [2.75, 3.05) is 34.9 Å². The van der Waals surface area contributed by atoms with Crippen molar-refractivity contribution in [2.24, 2.45) is 0 Å². The number of hydrogen-bond acceptors (Lipinski definition) is 7. The van der Waals surface area contributed by atoms with Gasteiger partial charge in [0.05, 0.1) is 61.2 Å². The molecular formula is C26H31FN4O4. The van der Waals surface area contributed by atoms with E-state index in [0.29, 0.717) is 55.6 Å². The van der Waals surface area contributed by atoms with Gasteiger partial charge >= 0.3 is 0 Å². The third-order valence-corrected chi connectivity index (χ3v) is 7.28. The Morgan fingerprint density at radius 3 is 2.83 bits per heavy atom. The Kier molecular flexibility index (Phi) is 5.86. The molecule has 0 radical (unpaired) electrons. The molecule has 0 saturated carbocycles. The van der Waals surface area contributed by atoms with Crippen molar-refractivity contribution < 1.29 is 23.4 Å². The molecule has 9 heteroatoms. The van der Waals surface area contributed by atoms with Gasteiger partial charge < -0.3 is 29.3 Å². The van der Waals surface area contributed by atoms with Gasteiger partial charge in [-0.1, -0.05) is 6.07 Å². The van der Waals surface area contributed by atoms with Crippen molar-refractivity contribution in [3.63, 3.8) is 0 Å². The van der Waals surface area contributed by atoms with E-state index >= 15 is 4.39 Å². The van der Waals surface area contributed by atoms with E-state index in [0.717, 1.165) is 18.4 Å². The molecule has 4 aliphatic rings. The van der Waals surface area contributed by atoms with Gasteiger partial charge in [0, 0.05) is 24.4 Å². The number of ether oxygens (including phenoxy) is 3. The second kappa shape index (κ2) is 9.04. The Labute approximate surface area is 204 Å². The fourth-order valence-electron chi connectivity index (χ4n) is 5.64. The van der Waals surface area contributed by atoms with E-state index in [2.05, 4.69) is 15.2 Å². The molecule has 1 amide bonds. The van der Waals surface area contributed by atoms with E-state index in [1.165, 1.54) is 6.07 Å². The zero-order valence-electron chi connectivity index (χ0n) is 20.1. The Morgan fingerprint density at radius 1 is 1.23 bits per heavy atom. The topological polar surface area (TPSA) is 76.2 Å². The molecule has 4 aliphatic heterocycles. The lowest BCUT2D eigenvalue weighted by atomic mass is 10.0. The molecule has 6 rings (SSSR count). The number of pyridine rings is 1. The number of benzene rings is 1. The molecule has 4 atom stereocenters. The predicted octanol–water partition coefficient (Wildman–Crippen LogP) is 3.76.